The van der Waals surface area contributed by atoms with Crippen LogP contribution in [0, 0.1) is 5.92 Å². The van der Waals surface area contributed by atoms with Crippen molar-refractivity contribution < 1.29 is 4.74 Å². The van der Waals surface area contributed by atoms with Gasteiger partial charge in [0.15, 0.2) is 5.13 Å². The molecule has 1 aliphatic heterocycles. The Balaban J connectivity index is 0.00000176. The maximum Gasteiger partial charge on any atom is 0.180 e. The Labute approximate surface area is 143 Å². The quantitative estimate of drug-likeness (QED) is 0.883. The molecule has 126 valence electrons. The molecule has 0 bridgehead atoms. The van der Waals surface area contributed by atoms with E-state index in [1.165, 1.54) is 43.4 Å². The normalized spacial score (nSPS) is 28.7. The molecular formula is C16H28ClN3OS. The van der Waals surface area contributed by atoms with E-state index in [9.17, 15) is 0 Å². The van der Waals surface area contributed by atoms with E-state index in [1.54, 1.807) is 11.3 Å². The summed E-state index contributed by atoms with van der Waals surface area (Å²) in [7, 11) is 0. The molecule has 2 aliphatic rings. The predicted octanol–water partition coefficient (Wildman–Crippen LogP) is 3.71. The molecule has 22 heavy (non-hydrogen) atoms. The lowest BCUT2D eigenvalue weighted by Gasteiger charge is -2.37. The molecular weight excluding hydrogens is 318 g/mol. The largest absolute Gasteiger partial charge is 0.377 e. The molecule has 0 radical (unpaired) electrons. The van der Waals surface area contributed by atoms with Crippen LogP contribution in [0.4, 0.5) is 5.13 Å². The smallest absolute Gasteiger partial charge is 0.180 e. The molecule has 1 aliphatic carbocycles. The summed E-state index contributed by atoms with van der Waals surface area (Å²) >= 11 is 1.62. The molecule has 1 atom stereocenters. The summed E-state index contributed by atoms with van der Waals surface area (Å²) in [5.74, 6) is 0.893. The molecule has 1 aromatic heterocycles. The molecule has 1 unspecified atom stereocenters. The second kappa shape index (κ2) is 8.48. The summed E-state index contributed by atoms with van der Waals surface area (Å²) < 4.78 is 5.86. The zero-order valence-electron chi connectivity index (χ0n) is 13.4. The lowest BCUT2D eigenvalue weighted by Crippen LogP contribution is -2.41. The predicted molar refractivity (Wildman–Crippen MR) is 94.6 cm³/mol. The average molecular weight is 346 g/mol. The first-order valence-corrected chi connectivity index (χ1v) is 9.08. The van der Waals surface area contributed by atoms with Crippen LogP contribution < -0.4 is 5.73 Å². The van der Waals surface area contributed by atoms with Crippen molar-refractivity contribution in [2.24, 2.45) is 5.92 Å². The van der Waals surface area contributed by atoms with Gasteiger partial charge in [-0.1, -0.05) is 6.92 Å². The van der Waals surface area contributed by atoms with E-state index in [0.29, 0.717) is 17.3 Å². The molecule has 1 saturated carbocycles. The number of thiazole rings is 1. The molecule has 0 spiro atoms. The topological polar surface area (TPSA) is 51.4 Å². The summed E-state index contributed by atoms with van der Waals surface area (Å²) in [6, 6.07) is 0.703. The number of nitrogens with zero attached hydrogens (tertiary/aromatic N) is 2. The number of halogens is 1. The summed E-state index contributed by atoms with van der Waals surface area (Å²) in [4.78, 5) is 8.11. The number of aromatic nitrogens is 1. The van der Waals surface area contributed by atoms with Gasteiger partial charge in [0.1, 0.15) is 0 Å². The molecule has 2 heterocycles. The highest BCUT2D eigenvalue weighted by Gasteiger charge is 2.28. The third-order valence-electron chi connectivity index (χ3n) is 4.89. The van der Waals surface area contributed by atoms with Crippen LogP contribution in [0.25, 0.3) is 0 Å². The van der Waals surface area contributed by atoms with Crippen molar-refractivity contribution in [3.8, 4) is 0 Å². The lowest BCUT2D eigenvalue weighted by atomic mass is 9.86. The van der Waals surface area contributed by atoms with Crippen molar-refractivity contribution in [3.05, 3.63) is 11.1 Å². The van der Waals surface area contributed by atoms with Crippen molar-refractivity contribution in [2.75, 3.05) is 18.9 Å². The van der Waals surface area contributed by atoms with Gasteiger partial charge < -0.3 is 10.5 Å². The van der Waals surface area contributed by atoms with Gasteiger partial charge in [0.25, 0.3) is 0 Å². The number of hydrogen-bond donors (Lipinski definition) is 1. The van der Waals surface area contributed by atoms with Gasteiger partial charge in [0.05, 0.1) is 6.10 Å². The van der Waals surface area contributed by atoms with Gasteiger partial charge in [0.2, 0.25) is 0 Å². The highest BCUT2D eigenvalue weighted by atomic mass is 35.5. The van der Waals surface area contributed by atoms with Gasteiger partial charge in [-0.05, 0) is 44.4 Å². The number of rotatable bonds is 5. The van der Waals surface area contributed by atoms with Gasteiger partial charge in [-0.3, -0.25) is 4.90 Å². The summed E-state index contributed by atoms with van der Waals surface area (Å²) in [5.41, 5.74) is 5.78. The minimum atomic E-state index is 0. The molecule has 0 aromatic carbocycles. The molecule has 2 fully saturated rings. The van der Waals surface area contributed by atoms with Crippen LogP contribution >= 0.6 is 23.7 Å². The number of ether oxygens (including phenoxy) is 1. The first-order chi connectivity index (χ1) is 10.2. The Bertz CT molecular complexity index is 442. The van der Waals surface area contributed by atoms with Gasteiger partial charge in [-0.15, -0.1) is 23.7 Å². The Morgan fingerprint density at radius 2 is 2.09 bits per heavy atom. The summed E-state index contributed by atoms with van der Waals surface area (Å²) in [6.07, 6.45) is 10.2. The first-order valence-electron chi connectivity index (χ1n) is 8.26. The van der Waals surface area contributed by atoms with E-state index in [0.717, 1.165) is 25.6 Å². The second-order valence-corrected chi connectivity index (χ2v) is 7.79. The van der Waals surface area contributed by atoms with Crippen molar-refractivity contribution in [2.45, 2.75) is 64.1 Å². The van der Waals surface area contributed by atoms with Crippen LogP contribution in [0.5, 0.6) is 0 Å². The number of nitrogen functional groups attached to an aromatic ring is 1. The monoisotopic (exact) mass is 345 g/mol. The van der Waals surface area contributed by atoms with Crippen molar-refractivity contribution in [1.29, 1.82) is 0 Å². The van der Waals surface area contributed by atoms with Crippen LogP contribution in [0.2, 0.25) is 0 Å². The van der Waals surface area contributed by atoms with Crippen LogP contribution in [0.3, 0.4) is 0 Å². The SMILES string of the molecule is CC1CCC(N(Cc2cnc(N)s2)CC2CCCO2)CC1.Cl. The van der Waals surface area contributed by atoms with E-state index in [4.69, 9.17) is 10.5 Å². The zero-order chi connectivity index (χ0) is 14.7. The molecule has 4 nitrogen and oxygen atoms in total. The first kappa shape index (κ1) is 18.0. The van der Waals surface area contributed by atoms with Crippen molar-refractivity contribution in [3.63, 3.8) is 0 Å². The molecule has 1 saturated heterocycles. The highest BCUT2D eigenvalue weighted by Crippen LogP contribution is 2.30. The fourth-order valence-corrected chi connectivity index (χ4v) is 4.31. The zero-order valence-corrected chi connectivity index (χ0v) is 15.0. The highest BCUT2D eigenvalue weighted by molar-refractivity contribution is 7.15. The van der Waals surface area contributed by atoms with E-state index >= 15 is 0 Å². The molecule has 0 amide bonds. The fourth-order valence-electron chi connectivity index (χ4n) is 3.60. The third-order valence-corrected chi connectivity index (χ3v) is 5.71. The van der Waals surface area contributed by atoms with E-state index < -0.39 is 0 Å². The van der Waals surface area contributed by atoms with Gasteiger partial charge in [-0.25, -0.2) is 4.98 Å². The maximum absolute atomic E-state index is 5.86. The van der Waals surface area contributed by atoms with Crippen LogP contribution in [0.15, 0.2) is 6.20 Å². The molecule has 3 rings (SSSR count). The standard InChI is InChI=1S/C16H27N3OS.ClH/c1-12-4-6-13(7-5-12)19(10-14-3-2-8-20-14)11-15-9-18-16(17)21-15;/h9,12-14H,2-8,10-11H2,1H3,(H2,17,18);1H. The Hall–Kier alpha value is -0.360. The van der Waals surface area contributed by atoms with Crippen LogP contribution in [-0.4, -0.2) is 35.2 Å². The average Bonchev–Trinajstić information content (AvgIpc) is 3.11. The lowest BCUT2D eigenvalue weighted by molar-refractivity contribution is 0.0415. The van der Waals surface area contributed by atoms with E-state index in [1.807, 2.05) is 6.20 Å². The third kappa shape index (κ3) is 4.82. The van der Waals surface area contributed by atoms with E-state index in [2.05, 4.69) is 16.8 Å². The van der Waals surface area contributed by atoms with Crippen molar-refractivity contribution in [1.82, 2.24) is 9.88 Å². The minimum Gasteiger partial charge on any atom is -0.377 e. The fraction of sp³-hybridized carbons (Fsp3) is 0.812. The van der Waals surface area contributed by atoms with Crippen molar-refractivity contribution >= 4 is 28.9 Å². The van der Waals surface area contributed by atoms with E-state index in [-0.39, 0.29) is 12.4 Å². The Morgan fingerprint density at radius 1 is 1.32 bits per heavy atom. The van der Waals surface area contributed by atoms with Crippen LogP contribution in [-0.2, 0) is 11.3 Å². The van der Waals surface area contributed by atoms with Gasteiger partial charge >= 0.3 is 0 Å². The maximum atomic E-state index is 5.86. The Morgan fingerprint density at radius 3 is 2.68 bits per heavy atom. The molecule has 1 aromatic rings. The number of hydrogen-bond acceptors (Lipinski definition) is 5. The summed E-state index contributed by atoms with van der Waals surface area (Å²) in [6.45, 7) is 5.36. The number of anilines is 1. The van der Waals surface area contributed by atoms with Gasteiger partial charge in [0, 0.05) is 36.8 Å². The second-order valence-electron chi connectivity index (χ2n) is 6.64. The van der Waals surface area contributed by atoms with Crippen LogP contribution in [0.1, 0.15) is 50.3 Å². The molecule has 6 heteroatoms. The number of nitrogens with two attached hydrogens (primary N) is 1. The minimum absolute atomic E-state index is 0. The van der Waals surface area contributed by atoms with Gasteiger partial charge in [-0.2, -0.15) is 0 Å². The Kier molecular flexibility index (Phi) is 6.93. The summed E-state index contributed by atoms with van der Waals surface area (Å²) in [5, 5.41) is 0.680. The molecule has 2 N–H and O–H groups in total.